The third-order valence-corrected chi connectivity index (χ3v) is 3.63. The van der Waals surface area contributed by atoms with Gasteiger partial charge < -0.3 is 5.11 Å². The van der Waals surface area contributed by atoms with E-state index in [0.717, 1.165) is 12.8 Å². The fourth-order valence-corrected chi connectivity index (χ4v) is 2.66. The van der Waals surface area contributed by atoms with Crippen molar-refractivity contribution in [1.29, 1.82) is 0 Å². The number of carbonyl (C=O) groups excluding carboxylic acids is 1. The monoisotopic (exact) mass is 192 g/mol. The van der Waals surface area contributed by atoms with E-state index in [1.807, 2.05) is 6.92 Å². The SMILES string of the molecule is CC1=CC(O)C2CC=CCC2(C)C1=O. The van der Waals surface area contributed by atoms with E-state index < -0.39 is 6.10 Å². The van der Waals surface area contributed by atoms with E-state index in [9.17, 15) is 9.90 Å². The standard InChI is InChI=1S/C12H16O2/c1-8-7-10(13)9-5-3-4-6-12(9,2)11(8)14/h3-4,7,9-10,13H,5-6H2,1-2H3. The minimum absolute atomic E-state index is 0.0729. The zero-order chi connectivity index (χ0) is 10.3. The number of hydrogen-bond donors (Lipinski definition) is 1. The molecule has 0 bridgehead atoms. The summed E-state index contributed by atoms with van der Waals surface area (Å²) in [6, 6.07) is 0. The summed E-state index contributed by atoms with van der Waals surface area (Å²) in [6.07, 6.45) is 6.94. The lowest BCUT2D eigenvalue weighted by atomic mass is 9.61. The smallest absolute Gasteiger partial charge is 0.164 e. The maximum absolute atomic E-state index is 12.0. The van der Waals surface area contributed by atoms with Crippen molar-refractivity contribution >= 4 is 5.78 Å². The zero-order valence-electron chi connectivity index (χ0n) is 8.66. The topological polar surface area (TPSA) is 37.3 Å². The van der Waals surface area contributed by atoms with Gasteiger partial charge in [-0.3, -0.25) is 4.79 Å². The second kappa shape index (κ2) is 3.06. The van der Waals surface area contributed by atoms with Gasteiger partial charge in [0.2, 0.25) is 0 Å². The summed E-state index contributed by atoms with van der Waals surface area (Å²) in [7, 11) is 0. The molecule has 0 aliphatic heterocycles. The molecule has 3 unspecified atom stereocenters. The highest BCUT2D eigenvalue weighted by molar-refractivity contribution is 6.00. The van der Waals surface area contributed by atoms with Crippen LogP contribution < -0.4 is 0 Å². The molecule has 76 valence electrons. The lowest BCUT2D eigenvalue weighted by Crippen LogP contribution is -2.46. The molecule has 3 atom stereocenters. The molecule has 0 saturated heterocycles. The van der Waals surface area contributed by atoms with E-state index in [-0.39, 0.29) is 17.1 Å². The van der Waals surface area contributed by atoms with E-state index in [0.29, 0.717) is 5.57 Å². The van der Waals surface area contributed by atoms with Crippen LogP contribution in [0.2, 0.25) is 0 Å². The average Bonchev–Trinajstić information content (AvgIpc) is 2.15. The third-order valence-electron chi connectivity index (χ3n) is 3.63. The quantitative estimate of drug-likeness (QED) is 0.595. The number of hydrogen-bond acceptors (Lipinski definition) is 2. The number of allylic oxidation sites excluding steroid dienone is 3. The molecule has 0 radical (unpaired) electrons. The summed E-state index contributed by atoms with van der Waals surface area (Å²) in [5.74, 6) is 0.279. The Kier molecular flexibility index (Phi) is 2.11. The van der Waals surface area contributed by atoms with E-state index in [1.165, 1.54) is 0 Å². The van der Waals surface area contributed by atoms with E-state index in [4.69, 9.17) is 0 Å². The fraction of sp³-hybridized carbons (Fsp3) is 0.583. The lowest BCUT2D eigenvalue weighted by molar-refractivity contribution is -0.131. The van der Waals surface area contributed by atoms with Crippen molar-refractivity contribution < 1.29 is 9.90 Å². The minimum Gasteiger partial charge on any atom is -0.389 e. The van der Waals surface area contributed by atoms with Gasteiger partial charge in [0.05, 0.1) is 6.10 Å². The van der Waals surface area contributed by atoms with Crippen LogP contribution >= 0.6 is 0 Å². The Morgan fingerprint density at radius 2 is 2.21 bits per heavy atom. The Morgan fingerprint density at radius 1 is 1.50 bits per heavy atom. The van der Waals surface area contributed by atoms with E-state index >= 15 is 0 Å². The van der Waals surface area contributed by atoms with Gasteiger partial charge >= 0.3 is 0 Å². The molecule has 2 nitrogen and oxygen atoms in total. The summed E-state index contributed by atoms with van der Waals surface area (Å²) in [5.41, 5.74) is 0.346. The van der Waals surface area contributed by atoms with Crippen LogP contribution in [-0.4, -0.2) is 17.0 Å². The molecule has 0 spiro atoms. The summed E-state index contributed by atoms with van der Waals surface area (Å²) in [6.45, 7) is 3.77. The number of ketones is 1. The lowest BCUT2D eigenvalue weighted by Gasteiger charge is -2.42. The van der Waals surface area contributed by atoms with Crippen LogP contribution in [0, 0.1) is 11.3 Å². The van der Waals surface area contributed by atoms with Crippen molar-refractivity contribution in [2.45, 2.75) is 32.8 Å². The molecule has 2 heteroatoms. The molecule has 0 aromatic rings. The molecular formula is C12H16O2. The fourth-order valence-electron chi connectivity index (χ4n) is 2.66. The third kappa shape index (κ3) is 1.17. The second-order valence-corrected chi connectivity index (χ2v) is 4.60. The predicted molar refractivity (Wildman–Crippen MR) is 54.7 cm³/mol. The van der Waals surface area contributed by atoms with Gasteiger partial charge in [0.25, 0.3) is 0 Å². The number of Topliss-reactive ketones (excluding diaryl/α,β-unsaturated/α-hetero) is 1. The average molecular weight is 192 g/mol. The van der Waals surface area contributed by atoms with Crippen molar-refractivity contribution in [2.24, 2.45) is 11.3 Å². The van der Waals surface area contributed by atoms with Gasteiger partial charge in [0.15, 0.2) is 5.78 Å². The molecule has 1 N–H and O–H groups in total. The van der Waals surface area contributed by atoms with Crippen molar-refractivity contribution in [1.82, 2.24) is 0 Å². The highest BCUT2D eigenvalue weighted by Crippen LogP contribution is 2.45. The Labute approximate surface area is 84.3 Å². The molecule has 2 rings (SSSR count). The van der Waals surface area contributed by atoms with Gasteiger partial charge in [0.1, 0.15) is 0 Å². The molecule has 2 aliphatic rings. The predicted octanol–water partition coefficient (Wildman–Crippen LogP) is 1.85. The maximum Gasteiger partial charge on any atom is 0.164 e. The van der Waals surface area contributed by atoms with Gasteiger partial charge in [0, 0.05) is 11.3 Å². The molecule has 0 aromatic carbocycles. The molecule has 0 aromatic heterocycles. The van der Waals surface area contributed by atoms with Crippen LogP contribution in [0.1, 0.15) is 26.7 Å². The van der Waals surface area contributed by atoms with E-state index in [1.54, 1.807) is 13.0 Å². The van der Waals surface area contributed by atoms with Crippen LogP contribution in [0.3, 0.4) is 0 Å². The second-order valence-electron chi connectivity index (χ2n) is 4.60. The van der Waals surface area contributed by atoms with Crippen molar-refractivity contribution in [3.63, 3.8) is 0 Å². The van der Waals surface area contributed by atoms with Crippen LogP contribution in [0.4, 0.5) is 0 Å². The van der Waals surface area contributed by atoms with Crippen LogP contribution in [0.5, 0.6) is 0 Å². The van der Waals surface area contributed by atoms with Crippen molar-refractivity contribution in [3.8, 4) is 0 Å². The van der Waals surface area contributed by atoms with Gasteiger partial charge in [-0.05, 0) is 31.4 Å². The van der Waals surface area contributed by atoms with Crippen molar-refractivity contribution in [2.75, 3.05) is 0 Å². The molecule has 0 fully saturated rings. The first-order chi connectivity index (χ1) is 6.55. The first-order valence-electron chi connectivity index (χ1n) is 5.12. The van der Waals surface area contributed by atoms with Crippen molar-refractivity contribution in [3.05, 3.63) is 23.8 Å². The molecule has 0 heterocycles. The van der Waals surface area contributed by atoms with Crippen LogP contribution in [0.15, 0.2) is 23.8 Å². The number of fused-ring (bicyclic) bond motifs is 1. The van der Waals surface area contributed by atoms with E-state index in [2.05, 4.69) is 12.2 Å². The Hall–Kier alpha value is -0.890. The highest BCUT2D eigenvalue weighted by Gasteiger charge is 2.47. The summed E-state index contributed by atoms with van der Waals surface area (Å²) >= 11 is 0. The number of aliphatic hydroxyl groups excluding tert-OH is 1. The number of carbonyl (C=O) groups is 1. The molecule has 2 aliphatic carbocycles. The minimum atomic E-state index is -0.456. The molecular weight excluding hydrogens is 176 g/mol. The Morgan fingerprint density at radius 3 is 2.93 bits per heavy atom. The van der Waals surface area contributed by atoms with Gasteiger partial charge in [-0.25, -0.2) is 0 Å². The zero-order valence-corrected chi connectivity index (χ0v) is 8.66. The number of aliphatic hydroxyl groups is 1. The van der Waals surface area contributed by atoms with Gasteiger partial charge in [-0.1, -0.05) is 19.1 Å². The number of rotatable bonds is 0. The summed E-state index contributed by atoms with van der Waals surface area (Å²) in [4.78, 5) is 12.0. The Balaban J connectivity index is 2.44. The Bertz CT molecular complexity index is 327. The van der Waals surface area contributed by atoms with Gasteiger partial charge in [-0.15, -0.1) is 0 Å². The largest absolute Gasteiger partial charge is 0.389 e. The van der Waals surface area contributed by atoms with Crippen LogP contribution in [0.25, 0.3) is 0 Å². The summed E-state index contributed by atoms with van der Waals surface area (Å²) < 4.78 is 0. The van der Waals surface area contributed by atoms with Crippen LogP contribution in [-0.2, 0) is 4.79 Å². The summed E-state index contributed by atoms with van der Waals surface area (Å²) in [5, 5.41) is 9.90. The maximum atomic E-state index is 12.0. The van der Waals surface area contributed by atoms with Gasteiger partial charge in [-0.2, -0.15) is 0 Å². The normalized spacial score (nSPS) is 41.9. The first kappa shape index (κ1) is 9.66. The molecule has 0 amide bonds. The molecule has 0 saturated carbocycles. The highest BCUT2D eigenvalue weighted by atomic mass is 16.3. The molecule has 14 heavy (non-hydrogen) atoms. The first-order valence-corrected chi connectivity index (χ1v) is 5.12.